The first-order valence-corrected chi connectivity index (χ1v) is 5.36. The van der Waals surface area contributed by atoms with E-state index in [0.717, 1.165) is 13.0 Å². The van der Waals surface area contributed by atoms with E-state index in [1.165, 1.54) is 11.1 Å². The van der Waals surface area contributed by atoms with Crippen molar-refractivity contribution in [3.8, 4) is 12.3 Å². The maximum Gasteiger partial charge on any atom is 0.0446 e. The molecule has 0 amide bonds. The van der Waals surface area contributed by atoms with E-state index in [-0.39, 0.29) is 6.04 Å². The monoisotopic (exact) mass is 202 g/mol. The average Bonchev–Trinajstić information content (AvgIpc) is 2.24. The van der Waals surface area contributed by atoms with Crippen molar-refractivity contribution in [1.29, 1.82) is 0 Å². The van der Waals surface area contributed by atoms with Gasteiger partial charge in [-0.2, -0.15) is 0 Å². The molecule has 0 saturated carbocycles. The zero-order chi connectivity index (χ0) is 11.1. The van der Waals surface area contributed by atoms with Gasteiger partial charge in [-0.15, -0.1) is 12.3 Å². The quantitative estimate of drug-likeness (QED) is 0.742. The molecule has 1 N–H and O–H groups in total. The molecule has 0 bridgehead atoms. The van der Waals surface area contributed by atoms with Crippen LogP contribution in [0.25, 0.3) is 0 Å². The third-order valence-electron chi connectivity index (χ3n) is 2.26. The SMILES string of the molecule is C#CCC(NCCC)c1cncc(C)c1. The number of pyridine rings is 1. The Hall–Kier alpha value is -1.33. The van der Waals surface area contributed by atoms with Crippen LogP contribution in [0.2, 0.25) is 0 Å². The fourth-order valence-electron chi connectivity index (χ4n) is 1.51. The number of hydrogen-bond donors (Lipinski definition) is 1. The minimum Gasteiger partial charge on any atom is -0.309 e. The number of rotatable bonds is 5. The molecular formula is C13H18N2. The van der Waals surface area contributed by atoms with Crippen molar-refractivity contribution in [3.63, 3.8) is 0 Å². The summed E-state index contributed by atoms with van der Waals surface area (Å²) < 4.78 is 0. The van der Waals surface area contributed by atoms with Gasteiger partial charge in [0.2, 0.25) is 0 Å². The van der Waals surface area contributed by atoms with E-state index in [0.29, 0.717) is 6.42 Å². The molecule has 1 unspecified atom stereocenters. The third-order valence-corrected chi connectivity index (χ3v) is 2.26. The Kier molecular flexibility index (Phi) is 4.86. The zero-order valence-corrected chi connectivity index (χ0v) is 9.46. The lowest BCUT2D eigenvalue weighted by Crippen LogP contribution is -2.21. The molecule has 2 nitrogen and oxygen atoms in total. The molecule has 0 saturated heterocycles. The first-order chi connectivity index (χ1) is 7.27. The third kappa shape index (κ3) is 3.73. The Morgan fingerprint density at radius 1 is 1.53 bits per heavy atom. The van der Waals surface area contributed by atoms with Gasteiger partial charge >= 0.3 is 0 Å². The van der Waals surface area contributed by atoms with Crippen LogP contribution in [0, 0.1) is 19.3 Å². The Bertz CT molecular complexity index is 339. The second kappa shape index (κ2) is 6.21. The minimum atomic E-state index is 0.238. The molecule has 2 heteroatoms. The number of aromatic nitrogens is 1. The van der Waals surface area contributed by atoms with E-state index >= 15 is 0 Å². The first-order valence-electron chi connectivity index (χ1n) is 5.36. The summed E-state index contributed by atoms with van der Waals surface area (Å²) in [5.41, 5.74) is 2.36. The molecule has 1 aromatic heterocycles. The molecule has 0 aliphatic rings. The fraction of sp³-hybridized carbons (Fsp3) is 0.462. The molecule has 0 aromatic carbocycles. The summed E-state index contributed by atoms with van der Waals surface area (Å²) in [6.07, 6.45) is 10.9. The molecule has 0 spiro atoms. The van der Waals surface area contributed by atoms with Crippen LogP contribution in [0.4, 0.5) is 0 Å². The number of nitrogens with one attached hydrogen (secondary N) is 1. The van der Waals surface area contributed by atoms with E-state index in [1.54, 1.807) is 0 Å². The predicted octanol–water partition coefficient (Wildman–Crippen LogP) is 2.45. The molecule has 0 radical (unpaired) electrons. The lowest BCUT2D eigenvalue weighted by atomic mass is 10.0. The maximum absolute atomic E-state index is 5.37. The second-order valence-electron chi connectivity index (χ2n) is 3.71. The van der Waals surface area contributed by atoms with Crippen LogP contribution < -0.4 is 5.32 Å². The van der Waals surface area contributed by atoms with Crippen LogP contribution in [0.15, 0.2) is 18.5 Å². The van der Waals surface area contributed by atoms with Gasteiger partial charge in [-0.05, 0) is 31.0 Å². The lowest BCUT2D eigenvalue weighted by molar-refractivity contribution is 0.541. The zero-order valence-electron chi connectivity index (χ0n) is 9.46. The summed E-state index contributed by atoms with van der Waals surface area (Å²) in [6.45, 7) is 5.18. The molecule has 1 rings (SSSR count). The standard InChI is InChI=1S/C13H18N2/c1-4-6-13(15-7-5-2)12-8-11(3)9-14-10-12/h1,8-10,13,15H,5-7H2,2-3H3. The molecule has 1 atom stereocenters. The average molecular weight is 202 g/mol. The molecule has 0 aliphatic carbocycles. The summed E-state index contributed by atoms with van der Waals surface area (Å²) in [6, 6.07) is 2.37. The van der Waals surface area contributed by atoms with Gasteiger partial charge < -0.3 is 5.32 Å². The highest BCUT2D eigenvalue weighted by Gasteiger charge is 2.09. The Labute approximate surface area is 92.1 Å². The number of nitrogens with zero attached hydrogens (tertiary/aromatic N) is 1. The van der Waals surface area contributed by atoms with Crippen molar-refractivity contribution in [1.82, 2.24) is 10.3 Å². The van der Waals surface area contributed by atoms with Gasteiger partial charge in [0, 0.05) is 24.9 Å². The highest BCUT2D eigenvalue weighted by molar-refractivity contribution is 5.21. The van der Waals surface area contributed by atoms with Gasteiger partial charge in [-0.3, -0.25) is 4.98 Å². The van der Waals surface area contributed by atoms with Crippen LogP contribution in [0.3, 0.4) is 0 Å². The smallest absolute Gasteiger partial charge is 0.0446 e. The van der Waals surface area contributed by atoms with Crippen LogP contribution in [-0.4, -0.2) is 11.5 Å². The highest BCUT2D eigenvalue weighted by Crippen LogP contribution is 2.16. The van der Waals surface area contributed by atoms with Gasteiger partial charge in [-0.1, -0.05) is 13.0 Å². The van der Waals surface area contributed by atoms with Crippen molar-refractivity contribution < 1.29 is 0 Å². The van der Waals surface area contributed by atoms with Crippen molar-refractivity contribution >= 4 is 0 Å². The molecule has 0 aliphatic heterocycles. The van der Waals surface area contributed by atoms with Crippen molar-refractivity contribution in [2.45, 2.75) is 32.7 Å². The normalized spacial score (nSPS) is 12.1. The predicted molar refractivity (Wildman–Crippen MR) is 63.5 cm³/mol. The summed E-state index contributed by atoms with van der Waals surface area (Å²) in [7, 11) is 0. The molecule has 1 heterocycles. The van der Waals surface area contributed by atoms with E-state index in [1.807, 2.05) is 19.3 Å². The Morgan fingerprint density at radius 3 is 2.93 bits per heavy atom. The molecular weight excluding hydrogens is 184 g/mol. The summed E-state index contributed by atoms with van der Waals surface area (Å²) >= 11 is 0. The van der Waals surface area contributed by atoms with Gasteiger partial charge in [-0.25, -0.2) is 0 Å². The van der Waals surface area contributed by atoms with Crippen LogP contribution in [0.5, 0.6) is 0 Å². The van der Waals surface area contributed by atoms with E-state index in [4.69, 9.17) is 6.42 Å². The summed E-state index contributed by atoms with van der Waals surface area (Å²) in [4.78, 5) is 4.19. The number of terminal acetylenes is 1. The van der Waals surface area contributed by atoms with Gasteiger partial charge in [0.1, 0.15) is 0 Å². The number of aryl methyl sites for hydroxylation is 1. The van der Waals surface area contributed by atoms with Crippen molar-refractivity contribution in [2.75, 3.05) is 6.54 Å². The Balaban J connectivity index is 2.75. The Morgan fingerprint density at radius 2 is 2.33 bits per heavy atom. The second-order valence-corrected chi connectivity index (χ2v) is 3.71. The fourth-order valence-corrected chi connectivity index (χ4v) is 1.51. The summed E-state index contributed by atoms with van der Waals surface area (Å²) in [5.74, 6) is 2.70. The van der Waals surface area contributed by atoms with Crippen LogP contribution in [-0.2, 0) is 0 Å². The molecule has 15 heavy (non-hydrogen) atoms. The van der Waals surface area contributed by atoms with E-state index < -0.39 is 0 Å². The maximum atomic E-state index is 5.37. The van der Waals surface area contributed by atoms with Crippen LogP contribution in [0.1, 0.15) is 36.9 Å². The van der Waals surface area contributed by atoms with E-state index in [9.17, 15) is 0 Å². The topological polar surface area (TPSA) is 24.9 Å². The number of hydrogen-bond acceptors (Lipinski definition) is 2. The minimum absolute atomic E-state index is 0.238. The largest absolute Gasteiger partial charge is 0.309 e. The first kappa shape index (κ1) is 11.7. The van der Waals surface area contributed by atoms with E-state index in [2.05, 4.69) is 29.2 Å². The van der Waals surface area contributed by atoms with Crippen LogP contribution >= 0.6 is 0 Å². The molecule has 0 fully saturated rings. The highest BCUT2D eigenvalue weighted by atomic mass is 14.9. The van der Waals surface area contributed by atoms with Crippen molar-refractivity contribution in [3.05, 3.63) is 29.6 Å². The van der Waals surface area contributed by atoms with Gasteiger partial charge in [0.15, 0.2) is 0 Å². The summed E-state index contributed by atoms with van der Waals surface area (Å²) in [5, 5.41) is 3.43. The van der Waals surface area contributed by atoms with Crippen molar-refractivity contribution in [2.24, 2.45) is 0 Å². The van der Waals surface area contributed by atoms with Gasteiger partial charge in [0.25, 0.3) is 0 Å². The van der Waals surface area contributed by atoms with Gasteiger partial charge in [0.05, 0.1) is 0 Å². The molecule has 1 aromatic rings. The lowest BCUT2D eigenvalue weighted by Gasteiger charge is -2.16. The molecule has 80 valence electrons.